The second kappa shape index (κ2) is 4.98. The van der Waals surface area contributed by atoms with Gasteiger partial charge >= 0.3 is 0 Å². The highest BCUT2D eigenvalue weighted by Gasteiger charge is 2.13. The first-order valence-electron chi connectivity index (χ1n) is 6.63. The molecule has 4 heteroatoms. The Morgan fingerprint density at radius 1 is 1.15 bits per heavy atom. The highest BCUT2D eigenvalue weighted by Crippen LogP contribution is 2.28. The number of anilines is 1. The van der Waals surface area contributed by atoms with Crippen LogP contribution in [0.4, 0.5) is 5.69 Å². The van der Waals surface area contributed by atoms with E-state index in [4.69, 9.17) is 5.73 Å². The van der Waals surface area contributed by atoms with Crippen molar-refractivity contribution in [1.82, 2.24) is 9.55 Å². The van der Waals surface area contributed by atoms with Crippen LogP contribution in [0.5, 0.6) is 0 Å². The van der Waals surface area contributed by atoms with E-state index in [0.29, 0.717) is 12.2 Å². The monoisotopic (exact) mass is 267 g/mol. The zero-order chi connectivity index (χ0) is 14.1. The molecule has 0 aliphatic heterocycles. The van der Waals surface area contributed by atoms with Crippen LogP contribution in [-0.2, 0) is 6.54 Å². The molecule has 0 atom stereocenters. The maximum atomic E-state index is 9.30. The van der Waals surface area contributed by atoms with Crippen molar-refractivity contribution in [2.24, 2.45) is 0 Å². The topological polar surface area (TPSA) is 64.1 Å². The molecule has 0 unspecified atom stereocenters. The van der Waals surface area contributed by atoms with Gasteiger partial charge in [0.1, 0.15) is 11.3 Å². The molecule has 2 aromatic carbocycles. The van der Waals surface area contributed by atoms with Crippen LogP contribution < -0.4 is 5.73 Å². The zero-order valence-electron chi connectivity index (χ0n) is 11.4. The second-order valence-electron chi connectivity index (χ2n) is 4.89. The van der Waals surface area contributed by atoms with Crippen LogP contribution in [0, 0.1) is 6.92 Å². The van der Waals surface area contributed by atoms with E-state index in [1.54, 1.807) is 0 Å². The van der Waals surface area contributed by atoms with Crippen LogP contribution in [0.15, 0.2) is 42.5 Å². The number of aryl methyl sites for hydroxylation is 1. The lowest BCUT2D eigenvalue weighted by Crippen LogP contribution is -2.04. The molecule has 4 nitrogen and oxygen atoms in total. The van der Waals surface area contributed by atoms with Gasteiger partial charge in [-0.05, 0) is 19.1 Å². The fraction of sp³-hybridized carbons (Fsp3) is 0.188. The fourth-order valence-corrected chi connectivity index (χ4v) is 2.42. The number of hydrogen-bond acceptors (Lipinski definition) is 3. The number of benzene rings is 2. The summed E-state index contributed by atoms with van der Waals surface area (Å²) in [7, 11) is 0. The van der Waals surface area contributed by atoms with E-state index in [1.165, 1.54) is 5.56 Å². The summed E-state index contributed by atoms with van der Waals surface area (Å²) in [5, 5.41) is 9.30. The van der Waals surface area contributed by atoms with Crippen molar-refractivity contribution in [3.8, 4) is 11.4 Å². The highest BCUT2D eigenvalue weighted by molar-refractivity contribution is 5.90. The molecular weight excluding hydrogens is 250 g/mol. The molecule has 0 bridgehead atoms. The molecule has 20 heavy (non-hydrogen) atoms. The summed E-state index contributed by atoms with van der Waals surface area (Å²) in [6, 6.07) is 13.9. The third-order valence-corrected chi connectivity index (χ3v) is 3.44. The Balaban J connectivity index is 2.26. The molecule has 0 spiro atoms. The molecular formula is C16H17N3O. The normalized spacial score (nSPS) is 11.1. The molecule has 0 saturated heterocycles. The number of hydrogen-bond donors (Lipinski definition) is 2. The number of nitrogen functional groups attached to an aromatic ring is 1. The van der Waals surface area contributed by atoms with Gasteiger partial charge < -0.3 is 15.4 Å². The molecule has 3 N–H and O–H groups in total. The van der Waals surface area contributed by atoms with Crippen LogP contribution in [0.2, 0.25) is 0 Å². The van der Waals surface area contributed by atoms with Gasteiger partial charge in [-0.2, -0.15) is 0 Å². The average Bonchev–Trinajstić information content (AvgIpc) is 2.81. The Morgan fingerprint density at radius 3 is 2.60 bits per heavy atom. The van der Waals surface area contributed by atoms with Gasteiger partial charge in [0.25, 0.3) is 0 Å². The molecule has 0 radical (unpaired) electrons. The predicted molar refractivity (Wildman–Crippen MR) is 81.4 cm³/mol. The largest absolute Gasteiger partial charge is 0.397 e. The lowest BCUT2D eigenvalue weighted by Gasteiger charge is -2.07. The van der Waals surface area contributed by atoms with Crippen molar-refractivity contribution in [3.63, 3.8) is 0 Å². The maximum absolute atomic E-state index is 9.30. The third kappa shape index (κ3) is 2.04. The molecule has 0 fully saturated rings. The number of rotatable bonds is 3. The quantitative estimate of drug-likeness (QED) is 0.717. The van der Waals surface area contributed by atoms with E-state index in [0.717, 1.165) is 22.4 Å². The highest BCUT2D eigenvalue weighted by atomic mass is 16.3. The maximum Gasteiger partial charge on any atom is 0.141 e. The Hall–Kier alpha value is -2.33. The van der Waals surface area contributed by atoms with Gasteiger partial charge in [0, 0.05) is 12.1 Å². The minimum Gasteiger partial charge on any atom is -0.397 e. The molecule has 102 valence electrons. The van der Waals surface area contributed by atoms with E-state index in [1.807, 2.05) is 34.9 Å². The van der Waals surface area contributed by atoms with E-state index >= 15 is 0 Å². The summed E-state index contributed by atoms with van der Waals surface area (Å²) in [4.78, 5) is 4.66. The summed E-state index contributed by atoms with van der Waals surface area (Å²) in [5.41, 5.74) is 10.6. The van der Waals surface area contributed by atoms with Crippen LogP contribution in [-0.4, -0.2) is 21.3 Å². The van der Waals surface area contributed by atoms with E-state index < -0.39 is 0 Å². The lowest BCUT2D eigenvalue weighted by molar-refractivity contribution is 0.278. The smallest absolute Gasteiger partial charge is 0.141 e. The van der Waals surface area contributed by atoms with Gasteiger partial charge in [-0.1, -0.05) is 35.9 Å². The Labute approximate surface area is 117 Å². The molecule has 3 rings (SSSR count). The molecule has 3 aromatic rings. The van der Waals surface area contributed by atoms with E-state index in [-0.39, 0.29) is 6.61 Å². The van der Waals surface area contributed by atoms with Gasteiger partial charge in [0.15, 0.2) is 0 Å². The minimum atomic E-state index is 0.0686. The number of nitrogens with zero attached hydrogens (tertiary/aromatic N) is 2. The van der Waals surface area contributed by atoms with E-state index in [9.17, 15) is 5.11 Å². The standard InChI is InChI=1S/C16H17N3O/c1-11-5-7-12(8-6-11)16-18-15-13(17)3-2-4-14(15)19(16)9-10-20/h2-8,20H,9-10,17H2,1H3. The first-order valence-corrected chi connectivity index (χ1v) is 6.63. The number of aromatic nitrogens is 2. The van der Waals surface area contributed by atoms with Crippen LogP contribution in [0.25, 0.3) is 22.4 Å². The SMILES string of the molecule is Cc1ccc(-c2nc3c(N)cccc3n2CCO)cc1. The summed E-state index contributed by atoms with van der Waals surface area (Å²) in [5.74, 6) is 0.840. The number of fused-ring (bicyclic) bond motifs is 1. The van der Waals surface area contributed by atoms with Crippen molar-refractivity contribution in [1.29, 1.82) is 0 Å². The Bertz CT molecular complexity index is 744. The van der Waals surface area contributed by atoms with E-state index in [2.05, 4.69) is 24.0 Å². The Morgan fingerprint density at radius 2 is 1.90 bits per heavy atom. The first-order chi connectivity index (χ1) is 9.70. The van der Waals surface area contributed by atoms with Crippen molar-refractivity contribution in [2.75, 3.05) is 12.3 Å². The predicted octanol–water partition coefficient (Wildman–Crippen LogP) is 2.59. The summed E-state index contributed by atoms with van der Waals surface area (Å²) in [6.07, 6.45) is 0. The van der Waals surface area contributed by atoms with Crippen molar-refractivity contribution in [2.45, 2.75) is 13.5 Å². The summed E-state index contributed by atoms with van der Waals surface area (Å²) >= 11 is 0. The van der Waals surface area contributed by atoms with Gasteiger partial charge in [0.2, 0.25) is 0 Å². The number of imidazole rings is 1. The fourth-order valence-electron chi connectivity index (χ4n) is 2.42. The lowest BCUT2D eigenvalue weighted by atomic mass is 10.1. The molecule has 1 aromatic heterocycles. The Kier molecular flexibility index (Phi) is 3.16. The zero-order valence-corrected chi connectivity index (χ0v) is 11.4. The van der Waals surface area contributed by atoms with Gasteiger partial charge in [0.05, 0.1) is 17.8 Å². The number of aliphatic hydroxyl groups excluding tert-OH is 1. The van der Waals surface area contributed by atoms with Crippen molar-refractivity contribution in [3.05, 3.63) is 48.0 Å². The van der Waals surface area contributed by atoms with Crippen molar-refractivity contribution < 1.29 is 5.11 Å². The molecule has 0 aliphatic carbocycles. The van der Waals surface area contributed by atoms with Crippen LogP contribution >= 0.6 is 0 Å². The number of para-hydroxylation sites is 1. The van der Waals surface area contributed by atoms with Gasteiger partial charge in [-0.3, -0.25) is 0 Å². The minimum absolute atomic E-state index is 0.0686. The second-order valence-corrected chi connectivity index (χ2v) is 4.89. The summed E-state index contributed by atoms with van der Waals surface area (Å²) < 4.78 is 2.01. The van der Waals surface area contributed by atoms with Crippen molar-refractivity contribution >= 4 is 16.7 Å². The number of aliphatic hydroxyl groups is 1. The summed E-state index contributed by atoms with van der Waals surface area (Å²) in [6.45, 7) is 2.63. The first kappa shape index (κ1) is 12.7. The molecule has 0 amide bonds. The third-order valence-electron chi connectivity index (χ3n) is 3.44. The molecule has 0 saturated carbocycles. The average molecular weight is 267 g/mol. The molecule has 1 heterocycles. The van der Waals surface area contributed by atoms with Gasteiger partial charge in [-0.15, -0.1) is 0 Å². The molecule has 0 aliphatic rings. The van der Waals surface area contributed by atoms with Crippen LogP contribution in [0.1, 0.15) is 5.56 Å². The van der Waals surface area contributed by atoms with Crippen LogP contribution in [0.3, 0.4) is 0 Å². The van der Waals surface area contributed by atoms with Gasteiger partial charge in [-0.25, -0.2) is 4.98 Å². The number of nitrogens with two attached hydrogens (primary N) is 1.